The molecule has 1 heterocycles. The maximum absolute atomic E-state index is 12.9. The number of hydrogen-bond donors (Lipinski definition) is 0. The molecule has 1 aromatic carbocycles. The molecule has 82 valence electrons. The van der Waals surface area contributed by atoms with Crippen molar-refractivity contribution in [1.29, 1.82) is 0 Å². The Hall–Kier alpha value is -0.960. The highest BCUT2D eigenvalue weighted by atomic mass is 19.3. The maximum Gasteiger partial charge on any atom is 0.254 e. The highest BCUT2D eigenvalue weighted by Gasteiger charge is 2.38. The minimum absolute atomic E-state index is 0.0174. The van der Waals surface area contributed by atoms with Crippen molar-refractivity contribution < 1.29 is 8.78 Å². The van der Waals surface area contributed by atoms with Crippen molar-refractivity contribution in [2.24, 2.45) is 0 Å². The number of benzene rings is 1. The molecule has 0 bridgehead atoms. The number of rotatable bonds is 2. The topological polar surface area (TPSA) is 3.24 Å². The van der Waals surface area contributed by atoms with Gasteiger partial charge in [-0.05, 0) is 25.6 Å². The normalized spacial score (nSPS) is 27.5. The van der Waals surface area contributed by atoms with Crippen LogP contribution < -0.4 is 0 Å². The summed E-state index contributed by atoms with van der Waals surface area (Å²) in [6, 6.07) is 9.01. The number of halogens is 2. The van der Waals surface area contributed by atoms with Gasteiger partial charge < -0.3 is 0 Å². The zero-order chi connectivity index (χ0) is 10.8. The van der Waals surface area contributed by atoms with Crippen molar-refractivity contribution in [2.45, 2.75) is 24.8 Å². The van der Waals surface area contributed by atoms with Gasteiger partial charge in [-0.3, -0.25) is 4.90 Å². The Morgan fingerprint density at radius 3 is 2.53 bits per heavy atom. The van der Waals surface area contributed by atoms with Crippen LogP contribution >= 0.6 is 0 Å². The molecule has 1 aliphatic rings. The fraction of sp³-hybridized carbons (Fsp3) is 0.500. The van der Waals surface area contributed by atoms with Crippen molar-refractivity contribution in [3.8, 4) is 0 Å². The van der Waals surface area contributed by atoms with Crippen molar-refractivity contribution in [3.63, 3.8) is 0 Å². The van der Waals surface area contributed by atoms with E-state index in [4.69, 9.17) is 0 Å². The van der Waals surface area contributed by atoms with Crippen LogP contribution in [0.3, 0.4) is 0 Å². The van der Waals surface area contributed by atoms with E-state index in [0.717, 1.165) is 18.5 Å². The number of nitrogens with zero attached hydrogens (tertiary/aromatic N) is 1. The molecule has 0 aromatic heterocycles. The number of likely N-dealkylation sites (tertiary alicyclic amines) is 1. The summed E-state index contributed by atoms with van der Waals surface area (Å²) in [7, 11) is 1.78. The summed E-state index contributed by atoms with van der Waals surface area (Å²) in [4.78, 5) is 1.77. The summed E-state index contributed by atoms with van der Waals surface area (Å²) in [5.41, 5.74) is 1.03. The van der Waals surface area contributed by atoms with Gasteiger partial charge in [0.25, 0.3) is 6.43 Å². The Morgan fingerprint density at radius 2 is 1.93 bits per heavy atom. The first-order valence-electron chi connectivity index (χ1n) is 5.23. The second-order valence-electron chi connectivity index (χ2n) is 4.11. The second-order valence-corrected chi connectivity index (χ2v) is 4.11. The molecule has 0 amide bonds. The average Bonchev–Trinajstić information content (AvgIpc) is 2.61. The third-order valence-electron chi connectivity index (χ3n) is 3.20. The predicted molar refractivity (Wildman–Crippen MR) is 56.2 cm³/mol. The van der Waals surface area contributed by atoms with E-state index in [-0.39, 0.29) is 5.92 Å². The van der Waals surface area contributed by atoms with E-state index in [1.807, 2.05) is 30.3 Å². The van der Waals surface area contributed by atoms with Crippen LogP contribution in [-0.4, -0.2) is 31.0 Å². The summed E-state index contributed by atoms with van der Waals surface area (Å²) in [6.45, 7) is 0.758. The molecule has 1 fully saturated rings. The molecular weight excluding hydrogens is 196 g/mol. The Bertz CT molecular complexity index is 313. The zero-order valence-electron chi connectivity index (χ0n) is 8.74. The highest BCUT2D eigenvalue weighted by Crippen LogP contribution is 2.35. The minimum Gasteiger partial charge on any atom is -0.298 e. The monoisotopic (exact) mass is 211 g/mol. The quantitative estimate of drug-likeness (QED) is 0.727. The summed E-state index contributed by atoms with van der Waals surface area (Å²) >= 11 is 0. The summed E-state index contributed by atoms with van der Waals surface area (Å²) < 4.78 is 25.8. The lowest BCUT2D eigenvalue weighted by molar-refractivity contribution is 0.0515. The molecule has 2 atom stereocenters. The van der Waals surface area contributed by atoms with Gasteiger partial charge in [0.1, 0.15) is 0 Å². The molecule has 1 saturated heterocycles. The molecule has 0 N–H and O–H groups in total. The second kappa shape index (κ2) is 4.27. The van der Waals surface area contributed by atoms with Gasteiger partial charge in [-0.25, -0.2) is 8.78 Å². The zero-order valence-corrected chi connectivity index (χ0v) is 8.74. The SMILES string of the molecule is CN1CCC(c2ccccc2)C1C(F)F. The largest absolute Gasteiger partial charge is 0.298 e. The van der Waals surface area contributed by atoms with E-state index in [0.29, 0.717) is 0 Å². The van der Waals surface area contributed by atoms with Crippen LogP contribution in [-0.2, 0) is 0 Å². The molecular formula is C12H15F2N. The van der Waals surface area contributed by atoms with Crippen molar-refractivity contribution in [2.75, 3.05) is 13.6 Å². The first kappa shape index (κ1) is 10.6. The van der Waals surface area contributed by atoms with Crippen LogP contribution in [0, 0.1) is 0 Å². The number of likely N-dealkylation sites (N-methyl/N-ethyl adjacent to an activating group) is 1. The summed E-state index contributed by atoms with van der Waals surface area (Å²) in [5, 5.41) is 0. The third kappa shape index (κ3) is 2.02. The third-order valence-corrected chi connectivity index (χ3v) is 3.20. The smallest absolute Gasteiger partial charge is 0.254 e. The lowest BCUT2D eigenvalue weighted by atomic mass is 9.92. The number of alkyl halides is 2. The lowest BCUT2D eigenvalue weighted by Crippen LogP contribution is -2.35. The first-order chi connectivity index (χ1) is 7.20. The first-order valence-corrected chi connectivity index (χ1v) is 5.23. The molecule has 1 nitrogen and oxygen atoms in total. The molecule has 0 radical (unpaired) electrons. The Labute approximate surface area is 88.7 Å². The summed E-state index contributed by atoms with van der Waals surface area (Å²) in [5.74, 6) is -0.0174. The van der Waals surface area contributed by atoms with Gasteiger partial charge >= 0.3 is 0 Å². The van der Waals surface area contributed by atoms with E-state index in [1.165, 1.54) is 0 Å². The Morgan fingerprint density at radius 1 is 1.27 bits per heavy atom. The van der Waals surface area contributed by atoms with Gasteiger partial charge in [0.2, 0.25) is 0 Å². The van der Waals surface area contributed by atoms with Crippen molar-refractivity contribution in [1.82, 2.24) is 4.90 Å². The predicted octanol–water partition coefficient (Wildman–Crippen LogP) is 2.74. The number of hydrogen-bond acceptors (Lipinski definition) is 1. The van der Waals surface area contributed by atoms with E-state index >= 15 is 0 Å². The molecule has 0 spiro atoms. The average molecular weight is 211 g/mol. The Balaban J connectivity index is 2.22. The van der Waals surface area contributed by atoms with Crippen LogP contribution in [0.15, 0.2) is 30.3 Å². The van der Waals surface area contributed by atoms with E-state index in [2.05, 4.69) is 0 Å². The molecule has 0 aliphatic carbocycles. The van der Waals surface area contributed by atoms with Gasteiger partial charge in [0.15, 0.2) is 0 Å². The van der Waals surface area contributed by atoms with Gasteiger partial charge in [0, 0.05) is 5.92 Å². The van der Waals surface area contributed by atoms with Gasteiger partial charge in [-0.15, -0.1) is 0 Å². The van der Waals surface area contributed by atoms with Gasteiger partial charge in [-0.1, -0.05) is 30.3 Å². The fourth-order valence-corrected chi connectivity index (χ4v) is 2.40. The fourth-order valence-electron chi connectivity index (χ4n) is 2.40. The molecule has 15 heavy (non-hydrogen) atoms. The molecule has 0 saturated carbocycles. The molecule has 1 aromatic rings. The molecule has 2 unspecified atom stereocenters. The minimum atomic E-state index is -2.26. The van der Waals surface area contributed by atoms with Crippen LogP contribution in [0.5, 0.6) is 0 Å². The highest BCUT2D eigenvalue weighted by molar-refractivity contribution is 5.23. The summed E-state index contributed by atoms with van der Waals surface area (Å²) in [6.07, 6.45) is -1.43. The van der Waals surface area contributed by atoms with Crippen LogP contribution in [0.25, 0.3) is 0 Å². The van der Waals surface area contributed by atoms with Crippen LogP contribution in [0.4, 0.5) is 8.78 Å². The van der Waals surface area contributed by atoms with Gasteiger partial charge in [-0.2, -0.15) is 0 Å². The maximum atomic E-state index is 12.9. The standard InChI is InChI=1S/C12H15F2N/c1-15-8-7-10(11(15)12(13)14)9-5-3-2-4-6-9/h2-6,10-12H,7-8H2,1H3. The van der Waals surface area contributed by atoms with E-state index < -0.39 is 12.5 Å². The van der Waals surface area contributed by atoms with Crippen LogP contribution in [0.2, 0.25) is 0 Å². The molecule has 1 aliphatic heterocycles. The van der Waals surface area contributed by atoms with E-state index in [9.17, 15) is 8.78 Å². The van der Waals surface area contributed by atoms with Crippen molar-refractivity contribution >= 4 is 0 Å². The lowest BCUT2D eigenvalue weighted by Gasteiger charge is -2.24. The molecule has 3 heteroatoms. The van der Waals surface area contributed by atoms with Gasteiger partial charge in [0.05, 0.1) is 6.04 Å². The Kier molecular flexibility index (Phi) is 3.00. The van der Waals surface area contributed by atoms with E-state index in [1.54, 1.807) is 11.9 Å². The van der Waals surface area contributed by atoms with Crippen LogP contribution in [0.1, 0.15) is 17.9 Å². The van der Waals surface area contributed by atoms with Crippen molar-refractivity contribution in [3.05, 3.63) is 35.9 Å². The molecule has 2 rings (SSSR count).